The third-order valence-electron chi connectivity index (χ3n) is 4.22. The van der Waals surface area contributed by atoms with Crippen LogP contribution < -0.4 is 0 Å². The van der Waals surface area contributed by atoms with Crippen LogP contribution in [0.25, 0.3) is 0 Å². The van der Waals surface area contributed by atoms with Crippen molar-refractivity contribution in [2.45, 2.75) is 72.1 Å². The minimum absolute atomic E-state index is 0.975. The fourth-order valence-electron chi connectivity index (χ4n) is 3.34. The lowest BCUT2D eigenvalue weighted by atomic mass is 9.76. The lowest BCUT2D eigenvalue weighted by Crippen LogP contribution is -2.20. The van der Waals surface area contributed by atoms with E-state index in [9.17, 15) is 0 Å². The van der Waals surface area contributed by atoms with E-state index in [4.69, 9.17) is 0 Å². The molecule has 1 fully saturated rings. The molecule has 0 amide bonds. The lowest BCUT2D eigenvalue weighted by Gasteiger charge is -2.29. The molecule has 0 heterocycles. The molecule has 0 radical (unpaired) electrons. The highest BCUT2D eigenvalue weighted by Gasteiger charge is 2.26. The van der Waals surface area contributed by atoms with E-state index in [0.29, 0.717) is 0 Å². The molecule has 0 aromatic carbocycles. The molecule has 0 bridgehead atoms. The van der Waals surface area contributed by atoms with Crippen molar-refractivity contribution in [3.63, 3.8) is 0 Å². The Kier molecular flexibility index (Phi) is 5.59. The maximum absolute atomic E-state index is 2.49. The van der Waals surface area contributed by atoms with E-state index in [1.165, 1.54) is 51.4 Å². The van der Waals surface area contributed by atoms with Crippen molar-refractivity contribution < 1.29 is 0 Å². The summed E-state index contributed by atoms with van der Waals surface area (Å²) in [6, 6.07) is 0. The van der Waals surface area contributed by atoms with Crippen molar-refractivity contribution in [1.82, 2.24) is 0 Å². The first-order valence-electron chi connectivity index (χ1n) is 6.79. The van der Waals surface area contributed by atoms with Crippen molar-refractivity contribution in [2.24, 2.45) is 17.8 Å². The molecular formula is C14H28. The van der Waals surface area contributed by atoms with Crippen LogP contribution in [0, 0.1) is 17.8 Å². The third kappa shape index (κ3) is 3.29. The smallest absolute Gasteiger partial charge is 0.0360 e. The molecule has 1 saturated carbocycles. The molecule has 84 valence electrons. The summed E-state index contributed by atoms with van der Waals surface area (Å²) in [6.07, 6.45) is 11.7. The highest BCUT2D eigenvalue weighted by molar-refractivity contribution is 4.77. The van der Waals surface area contributed by atoms with Crippen LogP contribution in [0.2, 0.25) is 0 Å². The zero-order chi connectivity index (χ0) is 10.4. The molecule has 0 N–H and O–H groups in total. The van der Waals surface area contributed by atoms with Crippen molar-refractivity contribution in [3.05, 3.63) is 0 Å². The minimum atomic E-state index is 0.975. The molecule has 1 rings (SSSR count). The maximum atomic E-state index is 2.49. The summed E-state index contributed by atoms with van der Waals surface area (Å²) < 4.78 is 0. The Morgan fingerprint density at radius 3 is 2.43 bits per heavy atom. The Morgan fingerprint density at radius 1 is 1.07 bits per heavy atom. The Morgan fingerprint density at radius 2 is 1.79 bits per heavy atom. The van der Waals surface area contributed by atoms with Gasteiger partial charge in [0.05, 0.1) is 0 Å². The average Bonchev–Trinajstić information content (AvgIpc) is 2.42. The summed E-state index contributed by atoms with van der Waals surface area (Å²) in [5, 5.41) is 0. The van der Waals surface area contributed by atoms with Gasteiger partial charge in [0, 0.05) is 0 Å². The van der Waals surface area contributed by atoms with Gasteiger partial charge in [-0.05, 0) is 24.2 Å². The first-order chi connectivity index (χ1) is 6.79. The van der Waals surface area contributed by atoms with Gasteiger partial charge in [0.25, 0.3) is 0 Å². The van der Waals surface area contributed by atoms with Crippen LogP contribution in [-0.4, -0.2) is 0 Å². The second-order valence-electron chi connectivity index (χ2n) is 5.24. The maximum Gasteiger partial charge on any atom is -0.0360 e. The van der Waals surface area contributed by atoms with Crippen LogP contribution in [0.4, 0.5) is 0 Å². The number of hydrogen-bond donors (Lipinski definition) is 0. The van der Waals surface area contributed by atoms with E-state index in [1.807, 2.05) is 0 Å². The first kappa shape index (κ1) is 12.1. The Balaban J connectivity index is 2.50. The predicted molar refractivity (Wildman–Crippen MR) is 64.4 cm³/mol. The van der Waals surface area contributed by atoms with Crippen molar-refractivity contribution in [2.75, 3.05) is 0 Å². The van der Waals surface area contributed by atoms with Gasteiger partial charge >= 0.3 is 0 Å². The van der Waals surface area contributed by atoms with Crippen LogP contribution in [-0.2, 0) is 0 Å². The molecule has 1 aliphatic carbocycles. The van der Waals surface area contributed by atoms with Crippen molar-refractivity contribution >= 4 is 0 Å². The van der Waals surface area contributed by atoms with Gasteiger partial charge in [-0.15, -0.1) is 0 Å². The van der Waals surface area contributed by atoms with E-state index in [1.54, 1.807) is 0 Å². The van der Waals surface area contributed by atoms with E-state index in [2.05, 4.69) is 20.8 Å². The molecule has 1 aliphatic rings. The minimum Gasteiger partial charge on any atom is -0.0654 e. The SMILES string of the molecule is CCCC(C)C1CCCCCC1CC. The summed E-state index contributed by atoms with van der Waals surface area (Å²) in [5.41, 5.74) is 0. The van der Waals surface area contributed by atoms with Gasteiger partial charge in [-0.1, -0.05) is 65.7 Å². The fourth-order valence-corrected chi connectivity index (χ4v) is 3.34. The summed E-state index contributed by atoms with van der Waals surface area (Å²) in [7, 11) is 0. The molecule has 14 heavy (non-hydrogen) atoms. The van der Waals surface area contributed by atoms with Crippen LogP contribution >= 0.6 is 0 Å². The lowest BCUT2D eigenvalue weighted by molar-refractivity contribution is 0.208. The summed E-state index contributed by atoms with van der Waals surface area (Å²) in [4.78, 5) is 0. The molecule has 0 nitrogen and oxygen atoms in total. The van der Waals surface area contributed by atoms with Crippen LogP contribution in [0.1, 0.15) is 72.1 Å². The topological polar surface area (TPSA) is 0 Å². The highest BCUT2D eigenvalue weighted by Crippen LogP contribution is 2.37. The van der Waals surface area contributed by atoms with Gasteiger partial charge in [0.1, 0.15) is 0 Å². The fraction of sp³-hybridized carbons (Fsp3) is 1.00. The summed E-state index contributed by atoms with van der Waals surface area (Å²) in [6.45, 7) is 7.21. The summed E-state index contributed by atoms with van der Waals surface area (Å²) >= 11 is 0. The highest BCUT2D eigenvalue weighted by atomic mass is 14.3. The zero-order valence-corrected chi connectivity index (χ0v) is 10.4. The van der Waals surface area contributed by atoms with Crippen LogP contribution in [0.15, 0.2) is 0 Å². The standard InChI is InChI=1S/C14H28/c1-4-9-12(3)14-11-8-6-7-10-13(14)5-2/h12-14H,4-11H2,1-3H3. The molecule has 0 aliphatic heterocycles. The van der Waals surface area contributed by atoms with E-state index in [-0.39, 0.29) is 0 Å². The Hall–Kier alpha value is 0. The molecular weight excluding hydrogens is 168 g/mol. The van der Waals surface area contributed by atoms with E-state index >= 15 is 0 Å². The normalized spacial score (nSPS) is 31.1. The zero-order valence-electron chi connectivity index (χ0n) is 10.4. The van der Waals surface area contributed by atoms with Gasteiger partial charge < -0.3 is 0 Å². The largest absolute Gasteiger partial charge is 0.0654 e. The molecule has 0 saturated heterocycles. The van der Waals surface area contributed by atoms with Gasteiger partial charge in [-0.2, -0.15) is 0 Å². The van der Waals surface area contributed by atoms with Crippen molar-refractivity contribution in [1.29, 1.82) is 0 Å². The summed E-state index contributed by atoms with van der Waals surface area (Å²) in [5.74, 6) is 3.06. The monoisotopic (exact) mass is 196 g/mol. The van der Waals surface area contributed by atoms with Crippen molar-refractivity contribution in [3.8, 4) is 0 Å². The van der Waals surface area contributed by atoms with Gasteiger partial charge in [0.2, 0.25) is 0 Å². The second kappa shape index (κ2) is 6.48. The van der Waals surface area contributed by atoms with Gasteiger partial charge in [-0.25, -0.2) is 0 Å². The molecule has 0 aromatic heterocycles. The Labute approximate surface area is 90.5 Å². The quantitative estimate of drug-likeness (QED) is 0.553. The molecule has 0 heteroatoms. The molecule has 0 aromatic rings. The second-order valence-corrected chi connectivity index (χ2v) is 5.24. The van der Waals surface area contributed by atoms with Gasteiger partial charge in [0.15, 0.2) is 0 Å². The van der Waals surface area contributed by atoms with Crippen LogP contribution in [0.5, 0.6) is 0 Å². The molecule has 3 unspecified atom stereocenters. The van der Waals surface area contributed by atoms with Crippen LogP contribution in [0.3, 0.4) is 0 Å². The number of rotatable bonds is 4. The first-order valence-corrected chi connectivity index (χ1v) is 6.79. The average molecular weight is 196 g/mol. The van der Waals surface area contributed by atoms with E-state index < -0.39 is 0 Å². The predicted octanol–water partition coefficient (Wildman–Crippen LogP) is 5.03. The van der Waals surface area contributed by atoms with Gasteiger partial charge in [-0.3, -0.25) is 0 Å². The number of hydrogen-bond acceptors (Lipinski definition) is 0. The molecule has 0 spiro atoms. The third-order valence-corrected chi connectivity index (χ3v) is 4.22. The molecule has 3 atom stereocenters. The Bertz CT molecular complexity index is 139. The van der Waals surface area contributed by atoms with E-state index in [0.717, 1.165) is 17.8 Å².